The Morgan fingerprint density at radius 1 is 0.926 bits per heavy atom. The Labute approximate surface area is 157 Å². The Morgan fingerprint density at radius 2 is 1.59 bits per heavy atom. The van der Waals surface area contributed by atoms with Crippen molar-refractivity contribution in [3.05, 3.63) is 90.3 Å². The van der Waals surface area contributed by atoms with Gasteiger partial charge in [0.15, 0.2) is 11.5 Å². The second kappa shape index (κ2) is 9.15. The number of nitrogens with one attached hydrogen (secondary N) is 1. The fourth-order valence-corrected chi connectivity index (χ4v) is 2.38. The summed E-state index contributed by atoms with van der Waals surface area (Å²) in [7, 11) is 1.59. The Kier molecular flexibility index (Phi) is 6.14. The number of carbonyl (C=O) groups is 1. The van der Waals surface area contributed by atoms with Crippen LogP contribution < -0.4 is 14.9 Å². The second-order valence-corrected chi connectivity index (χ2v) is 5.54. The molecule has 1 aromatic heterocycles. The highest BCUT2D eigenvalue weighted by atomic mass is 16.5. The van der Waals surface area contributed by atoms with Crippen LogP contribution >= 0.6 is 0 Å². The summed E-state index contributed by atoms with van der Waals surface area (Å²) in [5.41, 5.74) is 4.49. The first-order chi connectivity index (χ1) is 13.3. The van der Waals surface area contributed by atoms with Gasteiger partial charge in [-0.15, -0.1) is 0 Å². The second-order valence-electron chi connectivity index (χ2n) is 5.54. The fraction of sp³-hybridized carbons (Fsp3) is 0.0952. The van der Waals surface area contributed by atoms with E-state index in [0.29, 0.717) is 22.8 Å². The highest BCUT2D eigenvalue weighted by molar-refractivity contribution is 6.03. The summed E-state index contributed by atoms with van der Waals surface area (Å²) < 4.78 is 11.2. The van der Waals surface area contributed by atoms with Gasteiger partial charge in [0.05, 0.1) is 7.11 Å². The molecule has 0 radical (unpaired) electrons. The summed E-state index contributed by atoms with van der Waals surface area (Å²) >= 11 is 0. The largest absolute Gasteiger partial charge is 0.493 e. The number of aromatic nitrogens is 1. The minimum Gasteiger partial charge on any atom is -0.493 e. The van der Waals surface area contributed by atoms with Crippen molar-refractivity contribution in [2.45, 2.75) is 0 Å². The number of rotatable bonds is 7. The summed E-state index contributed by atoms with van der Waals surface area (Å²) in [6.07, 6.45) is 3.11. The number of methoxy groups -OCH3 is 1. The van der Waals surface area contributed by atoms with Crippen LogP contribution in [0.25, 0.3) is 0 Å². The highest BCUT2D eigenvalue weighted by Gasteiger charge is 2.10. The van der Waals surface area contributed by atoms with E-state index in [1.165, 1.54) is 0 Å². The first-order valence-corrected chi connectivity index (χ1v) is 8.36. The lowest BCUT2D eigenvalue weighted by atomic mass is 10.1. The van der Waals surface area contributed by atoms with Gasteiger partial charge in [0.25, 0.3) is 5.91 Å². The van der Waals surface area contributed by atoms with Crippen LogP contribution in [0.2, 0.25) is 0 Å². The third kappa shape index (κ3) is 4.92. The molecular weight excluding hydrogens is 342 g/mol. The molecule has 0 saturated carbocycles. The Balaban J connectivity index is 1.78. The predicted octanol–water partition coefficient (Wildman–Crippen LogP) is 3.30. The van der Waals surface area contributed by atoms with E-state index in [-0.39, 0.29) is 12.5 Å². The molecule has 1 amide bonds. The third-order valence-corrected chi connectivity index (χ3v) is 3.78. The minimum absolute atomic E-state index is 0.168. The number of nitrogens with zero attached hydrogens (tertiary/aromatic N) is 2. The van der Waals surface area contributed by atoms with Crippen molar-refractivity contribution >= 4 is 11.6 Å². The SMILES string of the molecule is COc1ccccc1OC/C(=N\NC(=O)c1ccncc1)c1ccccc1. The molecule has 6 nitrogen and oxygen atoms in total. The fourth-order valence-electron chi connectivity index (χ4n) is 2.38. The average Bonchev–Trinajstić information content (AvgIpc) is 2.75. The van der Waals surface area contributed by atoms with Crippen molar-refractivity contribution < 1.29 is 14.3 Å². The first-order valence-electron chi connectivity index (χ1n) is 8.36. The number of amides is 1. The van der Waals surface area contributed by atoms with Crippen molar-refractivity contribution in [3.8, 4) is 11.5 Å². The zero-order valence-corrected chi connectivity index (χ0v) is 14.8. The molecule has 0 unspecified atom stereocenters. The number of pyridine rings is 1. The van der Waals surface area contributed by atoms with Gasteiger partial charge in [-0.05, 0) is 24.3 Å². The topological polar surface area (TPSA) is 72.8 Å². The molecule has 3 aromatic rings. The van der Waals surface area contributed by atoms with E-state index in [9.17, 15) is 4.79 Å². The van der Waals surface area contributed by atoms with Crippen molar-refractivity contribution in [2.75, 3.05) is 13.7 Å². The maximum Gasteiger partial charge on any atom is 0.271 e. The number of hydrogen-bond acceptors (Lipinski definition) is 5. The lowest BCUT2D eigenvalue weighted by Crippen LogP contribution is -2.23. The number of ether oxygens (including phenoxy) is 2. The first kappa shape index (κ1) is 18.1. The number of benzene rings is 2. The summed E-state index contributed by atoms with van der Waals surface area (Å²) in [6.45, 7) is 0.168. The monoisotopic (exact) mass is 361 g/mol. The summed E-state index contributed by atoms with van der Waals surface area (Å²) in [5, 5.41) is 4.27. The van der Waals surface area contributed by atoms with Crippen LogP contribution in [0.3, 0.4) is 0 Å². The molecule has 1 heterocycles. The lowest BCUT2D eigenvalue weighted by Gasteiger charge is -2.12. The molecular formula is C21H19N3O3. The van der Waals surface area contributed by atoms with E-state index >= 15 is 0 Å². The van der Waals surface area contributed by atoms with E-state index in [0.717, 1.165) is 5.56 Å². The zero-order chi connectivity index (χ0) is 18.9. The van der Waals surface area contributed by atoms with Gasteiger partial charge in [0, 0.05) is 23.5 Å². The molecule has 0 saturated heterocycles. The normalized spacial score (nSPS) is 10.9. The van der Waals surface area contributed by atoms with Gasteiger partial charge in [-0.2, -0.15) is 5.10 Å². The van der Waals surface area contributed by atoms with Crippen LogP contribution in [0, 0.1) is 0 Å². The van der Waals surface area contributed by atoms with E-state index < -0.39 is 0 Å². The zero-order valence-electron chi connectivity index (χ0n) is 14.8. The number of carbonyl (C=O) groups excluding carboxylic acids is 1. The van der Waals surface area contributed by atoms with E-state index in [1.807, 2.05) is 54.6 Å². The highest BCUT2D eigenvalue weighted by Crippen LogP contribution is 2.25. The van der Waals surface area contributed by atoms with Gasteiger partial charge < -0.3 is 9.47 Å². The quantitative estimate of drug-likeness (QED) is 0.518. The van der Waals surface area contributed by atoms with E-state index in [2.05, 4.69) is 15.5 Å². The molecule has 6 heteroatoms. The van der Waals surface area contributed by atoms with E-state index in [4.69, 9.17) is 9.47 Å². The molecule has 3 rings (SSSR count). The third-order valence-electron chi connectivity index (χ3n) is 3.78. The number of hydrazone groups is 1. The average molecular weight is 361 g/mol. The summed E-state index contributed by atoms with van der Waals surface area (Å²) in [5.74, 6) is 0.915. The van der Waals surface area contributed by atoms with Crippen molar-refractivity contribution in [1.82, 2.24) is 10.4 Å². The van der Waals surface area contributed by atoms with Gasteiger partial charge in [-0.25, -0.2) is 5.43 Å². The van der Waals surface area contributed by atoms with Crippen LogP contribution in [0.1, 0.15) is 15.9 Å². The molecule has 0 aliphatic carbocycles. The Hall–Kier alpha value is -3.67. The summed E-state index contributed by atoms with van der Waals surface area (Å²) in [4.78, 5) is 16.2. The van der Waals surface area contributed by atoms with Crippen LogP contribution in [-0.4, -0.2) is 30.3 Å². The molecule has 136 valence electrons. The summed E-state index contributed by atoms with van der Waals surface area (Å²) in [6, 6.07) is 20.1. The molecule has 0 atom stereocenters. The maximum atomic E-state index is 12.2. The maximum absolute atomic E-state index is 12.2. The molecule has 0 bridgehead atoms. The van der Waals surface area contributed by atoms with Gasteiger partial charge in [0.1, 0.15) is 12.3 Å². The molecule has 0 fully saturated rings. The van der Waals surface area contributed by atoms with Gasteiger partial charge in [-0.3, -0.25) is 9.78 Å². The van der Waals surface area contributed by atoms with E-state index in [1.54, 1.807) is 31.6 Å². The van der Waals surface area contributed by atoms with Gasteiger partial charge in [-0.1, -0.05) is 42.5 Å². The van der Waals surface area contributed by atoms with Crippen LogP contribution in [0.4, 0.5) is 0 Å². The van der Waals surface area contributed by atoms with Crippen molar-refractivity contribution in [2.24, 2.45) is 5.10 Å². The van der Waals surface area contributed by atoms with Crippen molar-refractivity contribution in [1.29, 1.82) is 0 Å². The lowest BCUT2D eigenvalue weighted by molar-refractivity contribution is 0.0954. The number of para-hydroxylation sites is 2. The Bertz CT molecular complexity index is 912. The van der Waals surface area contributed by atoms with Crippen LogP contribution in [0.15, 0.2) is 84.2 Å². The molecule has 2 aromatic carbocycles. The predicted molar refractivity (Wildman–Crippen MR) is 103 cm³/mol. The molecule has 1 N–H and O–H groups in total. The molecule has 27 heavy (non-hydrogen) atoms. The minimum atomic E-state index is -0.317. The Morgan fingerprint density at radius 3 is 2.30 bits per heavy atom. The van der Waals surface area contributed by atoms with Gasteiger partial charge >= 0.3 is 0 Å². The molecule has 0 aliphatic heterocycles. The molecule has 0 aliphatic rings. The number of hydrogen-bond donors (Lipinski definition) is 1. The smallest absolute Gasteiger partial charge is 0.271 e. The van der Waals surface area contributed by atoms with Crippen LogP contribution in [-0.2, 0) is 0 Å². The van der Waals surface area contributed by atoms with Crippen molar-refractivity contribution in [3.63, 3.8) is 0 Å². The van der Waals surface area contributed by atoms with Crippen LogP contribution in [0.5, 0.6) is 11.5 Å². The molecule has 0 spiro atoms. The standard InChI is InChI=1S/C21H19N3O3/c1-26-19-9-5-6-10-20(19)27-15-18(16-7-3-2-4-8-16)23-24-21(25)17-11-13-22-14-12-17/h2-14H,15H2,1H3,(H,24,25)/b23-18+. The van der Waals surface area contributed by atoms with Gasteiger partial charge in [0.2, 0.25) is 0 Å².